The molecule has 16 heavy (non-hydrogen) atoms. The maximum atomic E-state index is 11.9. The van der Waals surface area contributed by atoms with Crippen LogP contribution >= 0.6 is 0 Å². The number of carbonyl (C=O) groups excluding carboxylic acids is 1. The van der Waals surface area contributed by atoms with Gasteiger partial charge in [0.25, 0.3) is 5.56 Å². The van der Waals surface area contributed by atoms with Crippen LogP contribution < -0.4 is 10.9 Å². The first-order valence-corrected chi connectivity index (χ1v) is 4.43. The van der Waals surface area contributed by atoms with E-state index in [1.54, 1.807) is 12.2 Å². The van der Waals surface area contributed by atoms with E-state index in [0.717, 1.165) is 18.3 Å². The Bertz CT molecular complexity index is 451. The van der Waals surface area contributed by atoms with Crippen LogP contribution in [0, 0.1) is 0 Å². The normalized spacial score (nSPS) is 11.2. The highest BCUT2D eigenvalue weighted by atomic mass is 19.4. The molecule has 0 saturated heterocycles. The van der Waals surface area contributed by atoms with Crippen LogP contribution in [0.2, 0.25) is 0 Å². The van der Waals surface area contributed by atoms with Gasteiger partial charge in [-0.25, -0.2) is 0 Å². The van der Waals surface area contributed by atoms with Gasteiger partial charge in [0.05, 0.1) is 5.69 Å². The van der Waals surface area contributed by atoms with Gasteiger partial charge in [0.15, 0.2) is 0 Å². The summed E-state index contributed by atoms with van der Waals surface area (Å²) in [4.78, 5) is 21.7. The molecule has 1 aromatic heterocycles. The van der Waals surface area contributed by atoms with E-state index in [9.17, 15) is 22.8 Å². The zero-order valence-corrected chi connectivity index (χ0v) is 8.34. The maximum absolute atomic E-state index is 11.9. The first kappa shape index (κ1) is 12.3. The molecule has 0 atom stereocenters. The van der Waals surface area contributed by atoms with Crippen LogP contribution in [-0.4, -0.2) is 16.7 Å². The zero-order chi connectivity index (χ0) is 12.3. The minimum atomic E-state index is -4.94. The molecule has 88 valence electrons. The Hall–Kier alpha value is -1.79. The summed E-state index contributed by atoms with van der Waals surface area (Å²) in [6, 6.07) is 2.22. The molecule has 1 heterocycles. The molecule has 0 aliphatic rings. The van der Waals surface area contributed by atoms with Crippen molar-refractivity contribution in [1.29, 1.82) is 0 Å². The predicted octanol–water partition coefficient (Wildman–Crippen LogP) is 1.37. The van der Waals surface area contributed by atoms with Crippen molar-refractivity contribution in [3.63, 3.8) is 0 Å². The average Bonchev–Trinajstić information content (AvgIpc) is 2.19. The number of anilines is 1. The van der Waals surface area contributed by atoms with Gasteiger partial charge in [0.1, 0.15) is 0 Å². The number of halogens is 3. The number of carbonyl (C=O) groups is 1. The fourth-order valence-electron chi connectivity index (χ4n) is 1.05. The van der Waals surface area contributed by atoms with Gasteiger partial charge < -0.3 is 9.88 Å². The minimum Gasteiger partial charge on any atom is -0.317 e. The molecule has 1 rings (SSSR count). The highest BCUT2D eigenvalue weighted by Crippen LogP contribution is 2.17. The SMILES string of the molecule is CCn1cc(NC(=O)C(F)(F)F)ccc1=O. The monoisotopic (exact) mass is 234 g/mol. The molecule has 7 heteroatoms. The quantitative estimate of drug-likeness (QED) is 0.840. The van der Waals surface area contributed by atoms with E-state index in [1.807, 2.05) is 0 Å². The summed E-state index contributed by atoms with van der Waals surface area (Å²) in [5.74, 6) is -2.06. The van der Waals surface area contributed by atoms with E-state index in [-0.39, 0.29) is 11.2 Å². The van der Waals surface area contributed by atoms with E-state index in [2.05, 4.69) is 0 Å². The van der Waals surface area contributed by atoms with Crippen molar-refractivity contribution in [2.75, 3.05) is 5.32 Å². The molecule has 4 nitrogen and oxygen atoms in total. The van der Waals surface area contributed by atoms with Gasteiger partial charge >= 0.3 is 12.1 Å². The highest BCUT2D eigenvalue weighted by Gasteiger charge is 2.38. The van der Waals surface area contributed by atoms with Crippen molar-refractivity contribution in [2.45, 2.75) is 19.6 Å². The van der Waals surface area contributed by atoms with E-state index < -0.39 is 12.1 Å². The van der Waals surface area contributed by atoms with Crippen LogP contribution in [0.4, 0.5) is 18.9 Å². The van der Waals surface area contributed by atoms with E-state index in [1.165, 1.54) is 4.57 Å². The first-order valence-electron chi connectivity index (χ1n) is 4.43. The van der Waals surface area contributed by atoms with Crippen molar-refractivity contribution in [2.24, 2.45) is 0 Å². The van der Waals surface area contributed by atoms with Crippen LogP contribution in [0.5, 0.6) is 0 Å². The minimum absolute atomic E-state index is 0.0659. The van der Waals surface area contributed by atoms with Gasteiger partial charge in [0.2, 0.25) is 0 Å². The number of rotatable bonds is 2. The molecule has 0 saturated carbocycles. The molecule has 1 amide bonds. The van der Waals surface area contributed by atoms with Crippen LogP contribution in [0.1, 0.15) is 6.92 Å². The summed E-state index contributed by atoms with van der Waals surface area (Å²) in [5.41, 5.74) is -0.406. The van der Waals surface area contributed by atoms with Crippen molar-refractivity contribution < 1.29 is 18.0 Å². The molecular formula is C9H9F3N2O2. The third kappa shape index (κ3) is 2.85. The summed E-state index contributed by atoms with van der Waals surface area (Å²) >= 11 is 0. The number of aryl methyl sites for hydroxylation is 1. The number of alkyl halides is 3. The standard InChI is InChI=1S/C9H9F3N2O2/c1-2-14-5-6(3-4-7(14)15)13-8(16)9(10,11)12/h3-5H,2H2,1H3,(H,13,16). The molecule has 0 spiro atoms. The van der Waals surface area contributed by atoms with Crippen molar-refractivity contribution in [3.8, 4) is 0 Å². The second-order valence-electron chi connectivity index (χ2n) is 2.99. The summed E-state index contributed by atoms with van der Waals surface area (Å²) in [5, 5.41) is 1.66. The Labute approximate surface area is 88.7 Å². The average molecular weight is 234 g/mol. The van der Waals surface area contributed by atoms with E-state index in [4.69, 9.17) is 0 Å². The summed E-state index contributed by atoms with van der Waals surface area (Å²) in [6.07, 6.45) is -3.78. The van der Waals surface area contributed by atoms with Gasteiger partial charge in [-0.3, -0.25) is 9.59 Å². The Morgan fingerprint density at radius 3 is 2.56 bits per heavy atom. The van der Waals surface area contributed by atoms with Crippen molar-refractivity contribution in [1.82, 2.24) is 4.57 Å². The number of aromatic nitrogens is 1. The second-order valence-corrected chi connectivity index (χ2v) is 2.99. The topological polar surface area (TPSA) is 51.1 Å². The van der Waals surface area contributed by atoms with Gasteiger partial charge in [0, 0.05) is 18.8 Å². The number of hydrogen-bond donors (Lipinski definition) is 1. The van der Waals surface area contributed by atoms with E-state index in [0.29, 0.717) is 6.54 Å². The molecule has 0 aliphatic heterocycles. The number of hydrogen-bond acceptors (Lipinski definition) is 2. The molecule has 1 N–H and O–H groups in total. The third-order valence-electron chi connectivity index (χ3n) is 1.84. The molecule has 0 bridgehead atoms. The molecule has 0 radical (unpaired) electrons. The molecule has 0 aromatic carbocycles. The molecule has 0 aliphatic carbocycles. The Morgan fingerprint density at radius 1 is 1.44 bits per heavy atom. The highest BCUT2D eigenvalue weighted by molar-refractivity contribution is 5.94. The molecule has 1 aromatic rings. The maximum Gasteiger partial charge on any atom is 0.471 e. The van der Waals surface area contributed by atoms with Crippen molar-refractivity contribution >= 4 is 11.6 Å². The largest absolute Gasteiger partial charge is 0.471 e. The van der Waals surface area contributed by atoms with Gasteiger partial charge in [-0.1, -0.05) is 0 Å². The van der Waals surface area contributed by atoms with Crippen LogP contribution in [0.15, 0.2) is 23.1 Å². The molecular weight excluding hydrogens is 225 g/mol. The summed E-state index contributed by atoms with van der Waals surface area (Å²) in [6.45, 7) is 1.98. The zero-order valence-electron chi connectivity index (χ0n) is 8.34. The number of amides is 1. The van der Waals surface area contributed by atoms with Crippen LogP contribution in [0.25, 0.3) is 0 Å². The number of pyridine rings is 1. The van der Waals surface area contributed by atoms with Crippen LogP contribution in [0.3, 0.4) is 0 Å². The summed E-state index contributed by atoms with van der Waals surface area (Å²) in [7, 11) is 0. The lowest BCUT2D eigenvalue weighted by Crippen LogP contribution is -2.30. The van der Waals surface area contributed by atoms with Crippen molar-refractivity contribution in [3.05, 3.63) is 28.7 Å². The fraction of sp³-hybridized carbons (Fsp3) is 0.333. The Morgan fingerprint density at radius 2 is 2.06 bits per heavy atom. The second kappa shape index (κ2) is 4.38. The lowest BCUT2D eigenvalue weighted by atomic mass is 10.4. The smallest absolute Gasteiger partial charge is 0.317 e. The van der Waals surface area contributed by atoms with E-state index >= 15 is 0 Å². The molecule has 0 fully saturated rings. The number of nitrogens with zero attached hydrogens (tertiary/aromatic N) is 1. The summed E-state index contributed by atoms with van der Waals surface area (Å²) < 4.78 is 36.9. The first-order chi connectivity index (χ1) is 7.34. The fourth-order valence-corrected chi connectivity index (χ4v) is 1.05. The molecule has 0 unspecified atom stereocenters. The van der Waals surface area contributed by atoms with Gasteiger partial charge in [-0.2, -0.15) is 13.2 Å². The van der Waals surface area contributed by atoms with Gasteiger partial charge in [-0.05, 0) is 13.0 Å². The Kier molecular flexibility index (Phi) is 3.36. The van der Waals surface area contributed by atoms with Gasteiger partial charge in [-0.15, -0.1) is 0 Å². The lowest BCUT2D eigenvalue weighted by Gasteiger charge is -2.09. The van der Waals surface area contributed by atoms with Crippen LogP contribution in [-0.2, 0) is 11.3 Å². The third-order valence-corrected chi connectivity index (χ3v) is 1.84. The lowest BCUT2D eigenvalue weighted by molar-refractivity contribution is -0.167. The Balaban J connectivity index is 2.91. The number of nitrogens with one attached hydrogen (secondary N) is 1. The predicted molar refractivity (Wildman–Crippen MR) is 51.1 cm³/mol.